The van der Waals surface area contributed by atoms with Crippen LogP contribution in [0.25, 0.3) is 0 Å². The van der Waals surface area contributed by atoms with Gasteiger partial charge in [0.2, 0.25) is 0 Å². The van der Waals surface area contributed by atoms with Crippen LogP contribution in [0.4, 0.5) is 14.9 Å². The van der Waals surface area contributed by atoms with E-state index >= 15 is 0 Å². The molecule has 1 aliphatic heterocycles. The van der Waals surface area contributed by atoms with Crippen LogP contribution in [-0.4, -0.2) is 32.6 Å². The van der Waals surface area contributed by atoms with Gasteiger partial charge in [0.1, 0.15) is 29.8 Å². The van der Waals surface area contributed by atoms with E-state index in [2.05, 4.69) is 21.2 Å². The number of hydrogen-bond donors (Lipinski definition) is 2. The van der Waals surface area contributed by atoms with Crippen molar-refractivity contribution in [1.29, 1.82) is 0 Å². The number of alkyl halides is 1. The van der Waals surface area contributed by atoms with E-state index in [1.54, 1.807) is 4.68 Å². The predicted molar refractivity (Wildman–Crippen MR) is 102 cm³/mol. The summed E-state index contributed by atoms with van der Waals surface area (Å²) in [6.07, 6.45) is 4.02. The summed E-state index contributed by atoms with van der Waals surface area (Å²) in [5.74, 6) is 0.424. The number of nitrogens with one attached hydrogen (secondary N) is 2. The zero-order chi connectivity index (χ0) is 19.4. The molecule has 28 heavy (non-hydrogen) atoms. The highest BCUT2D eigenvalue weighted by molar-refractivity contribution is 7.90. The molecule has 0 bridgehead atoms. The van der Waals surface area contributed by atoms with E-state index in [9.17, 15) is 13.7 Å². The van der Waals surface area contributed by atoms with Crippen molar-refractivity contribution < 1.29 is 18.5 Å². The second-order valence-electron chi connectivity index (χ2n) is 7.64. The zero-order valence-electron chi connectivity index (χ0n) is 15.5. The van der Waals surface area contributed by atoms with Crippen LogP contribution in [0.3, 0.4) is 0 Å². The van der Waals surface area contributed by atoms with Crippen LogP contribution in [0.5, 0.6) is 5.88 Å². The summed E-state index contributed by atoms with van der Waals surface area (Å²) in [6.45, 7) is 2.49. The molecule has 1 unspecified atom stereocenters. The van der Waals surface area contributed by atoms with Crippen molar-refractivity contribution in [2.24, 2.45) is 0 Å². The van der Waals surface area contributed by atoms with Crippen LogP contribution in [0.1, 0.15) is 35.6 Å². The summed E-state index contributed by atoms with van der Waals surface area (Å²) in [5.41, 5.74) is 4.81. The van der Waals surface area contributed by atoms with E-state index in [0.29, 0.717) is 35.8 Å². The maximum Gasteiger partial charge on any atom is 0.361 e. The van der Waals surface area contributed by atoms with E-state index in [4.69, 9.17) is 4.74 Å². The van der Waals surface area contributed by atoms with Crippen LogP contribution < -0.4 is 14.8 Å². The number of anilines is 1. The Labute approximate surface area is 164 Å². The number of hydrogen-bond acceptors (Lipinski definition) is 4. The highest BCUT2D eigenvalue weighted by Crippen LogP contribution is 2.39. The minimum Gasteiger partial charge on any atom is -0.588 e. The molecule has 9 heteroatoms. The van der Waals surface area contributed by atoms with Crippen LogP contribution in [-0.2, 0) is 43.6 Å². The van der Waals surface area contributed by atoms with Gasteiger partial charge in [0.25, 0.3) is 10.8 Å². The fourth-order valence-corrected chi connectivity index (χ4v) is 5.22. The summed E-state index contributed by atoms with van der Waals surface area (Å²) < 4.78 is 36.3. The van der Waals surface area contributed by atoms with Gasteiger partial charge in [-0.1, -0.05) is 6.07 Å². The normalized spacial score (nSPS) is 23.0. The lowest BCUT2D eigenvalue weighted by molar-refractivity contribution is 0.247. The van der Waals surface area contributed by atoms with E-state index < -0.39 is 23.6 Å². The summed E-state index contributed by atoms with van der Waals surface area (Å²) in [4.78, 5) is 12.9. The Morgan fingerprint density at radius 3 is 3.07 bits per heavy atom. The second-order valence-corrected chi connectivity index (χ2v) is 8.82. The second kappa shape index (κ2) is 6.66. The number of amides is 2. The first-order valence-electron chi connectivity index (χ1n) is 9.52. The summed E-state index contributed by atoms with van der Waals surface area (Å²) >= 11 is -1.80. The van der Waals surface area contributed by atoms with Gasteiger partial charge in [-0.2, -0.15) is 5.10 Å². The van der Waals surface area contributed by atoms with Gasteiger partial charge < -0.3 is 14.6 Å². The first-order valence-corrected chi connectivity index (χ1v) is 10.7. The molecule has 1 aromatic heterocycles. The summed E-state index contributed by atoms with van der Waals surface area (Å²) in [6, 6.07) is 1.52. The molecule has 0 radical (unpaired) electrons. The number of aromatic nitrogens is 2. The molecule has 2 aliphatic carbocycles. The Hall–Kier alpha value is -2.26. The molecule has 2 amide bonds. The Morgan fingerprint density at radius 1 is 1.36 bits per heavy atom. The molecule has 0 saturated heterocycles. The quantitative estimate of drug-likeness (QED) is 0.769. The van der Waals surface area contributed by atoms with Crippen LogP contribution >= 0.6 is 0 Å². The third kappa shape index (κ3) is 2.93. The number of benzene rings is 1. The first-order chi connectivity index (χ1) is 13.5. The van der Waals surface area contributed by atoms with Crippen molar-refractivity contribution in [2.75, 3.05) is 5.32 Å². The number of carbonyl (C=O) groups is 1. The molecule has 2 N–H and O–H groups in total. The molecule has 1 aromatic carbocycles. The molecule has 0 saturated carbocycles. The highest BCUT2D eigenvalue weighted by Gasteiger charge is 2.33. The van der Waals surface area contributed by atoms with E-state index in [1.165, 1.54) is 11.8 Å². The molecule has 148 valence electrons. The maximum absolute atomic E-state index is 14.0. The third-order valence-corrected chi connectivity index (χ3v) is 6.64. The first kappa shape index (κ1) is 17.8. The van der Waals surface area contributed by atoms with Crippen LogP contribution in [0, 0.1) is 0 Å². The standard InChI is InChI=1S/C19H21FN4O3S/c1-10-9-24-18(27-10)16(8-21-24)28(26)23-19(25)22-17-14-4-2-3-11(14)5-12-6-13(20)7-15(12)17/h5,8,10,13H,2-4,6-7,9H2,1H3,(H2,22,23,25)/t10-,13+,28?/m1/s1. The van der Waals surface area contributed by atoms with Gasteiger partial charge in [0.05, 0.1) is 6.54 Å². The minimum absolute atomic E-state index is 0.0450. The van der Waals surface area contributed by atoms with Gasteiger partial charge in [0.15, 0.2) is 0 Å². The van der Waals surface area contributed by atoms with Crippen molar-refractivity contribution in [2.45, 2.75) is 62.7 Å². The van der Waals surface area contributed by atoms with Gasteiger partial charge in [-0.15, -0.1) is 4.72 Å². The Morgan fingerprint density at radius 2 is 2.21 bits per heavy atom. The van der Waals surface area contributed by atoms with Crippen molar-refractivity contribution in [3.05, 3.63) is 34.5 Å². The zero-order valence-corrected chi connectivity index (χ0v) is 16.3. The number of halogens is 1. The SMILES string of the molecule is C[C@@H]1Cn2ncc([S+]([O-])NC(=O)Nc3c4c(cc5c3C[C@@H](F)C5)CCC4)c2O1. The fourth-order valence-electron chi connectivity index (χ4n) is 4.43. The minimum atomic E-state index is -1.80. The molecular weight excluding hydrogens is 383 g/mol. The lowest BCUT2D eigenvalue weighted by atomic mass is 9.99. The van der Waals surface area contributed by atoms with Gasteiger partial charge in [-0.3, -0.25) is 0 Å². The van der Waals surface area contributed by atoms with E-state index in [0.717, 1.165) is 36.0 Å². The number of aryl methyl sites for hydroxylation is 1. The number of fused-ring (bicyclic) bond motifs is 3. The molecule has 0 spiro atoms. The smallest absolute Gasteiger partial charge is 0.361 e. The molecule has 0 fully saturated rings. The molecule has 2 aromatic rings. The maximum atomic E-state index is 14.0. The van der Waals surface area contributed by atoms with Crippen LogP contribution in [0.2, 0.25) is 0 Å². The highest BCUT2D eigenvalue weighted by atomic mass is 32.2. The lowest BCUT2D eigenvalue weighted by Crippen LogP contribution is -2.35. The number of urea groups is 1. The van der Waals surface area contributed by atoms with Crippen molar-refractivity contribution in [3.8, 4) is 5.88 Å². The summed E-state index contributed by atoms with van der Waals surface area (Å²) in [7, 11) is 0. The van der Waals surface area contributed by atoms with Crippen molar-refractivity contribution >= 4 is 23.1 Å². The third-order valence-electron chi connectivity index (χ3n) is 5.59. The van der Waals surface area contributed by atoms with Crippen LogP contribution in [0.15, 0.2) is 17.2 Å². The largest absolute Gasteiger partial charge is 0.588 e. The topological polar surface area (TPSA) is 91.2 Å². The fraction of sp³-hybridized carbons (Fsp3) is 0.474. The Bertz CT molecular complexity index is 963. The molecular formula is C19H21FN4O3S. The number of ether oxygens (including phenoxy) is 1. The monoisotopic (exact) mass is 404 g/mol. The van der Waals surface area contributed by atoms with Gasteiger partial charge in [-0.25, -0.2) is 13.9 Å². The summed E-state index contributed by atoms with van der Waals surface area (Å²) in [5, 5.41) is 7.00. The molecule has 3 atom stereocenters. The van der Waals surface area contributed by atoms with E-state index in [-0.39, 0.29) is 6.10 Å². The number of carbonyl (C=O) groups excluding carboxylic acids is 1. The predicted octanol–water partition coefficient (Wildman–Crippen LogP) is 2.43. The van der Waals surface area contributed by atoms with E-state index in [1.807, 2.05) is 6.92 Å². The Kier molecular flexibility index (Phi) is 4.24. The molecule has 5 rings (SSSR count). The number of nitrogens with zero attached hydrogens (tertiary/aromatic N) is 2. The molecule has 2 heterocycles. The lowest BCUT2D eigenvalue weighted by Gasteiger charge is -2.17. The van der Waals surface area contributed by atoms with Crippen molar-refractivity contribution in [1.82, 2.24) is 14.5 Å². The Balaban J connectivity index is 1.36. The van der Waals surface area contributed by atoms with Gasteiger partial charge in [-0.05, 0) is 48.4 Å². The average molecular weight is 404 g/mol. The van der Waals surface area contributed by atoms with Crippen molar-refractivity contribution in [3.63, 3.8) is 0 Å². The molecule has 7 nitrogen and oxygen atoms in total. The molecule has 3 aliphatic rings. The van der Waals surface area contributed by atoms with Gasteiger partial charge in [0, 0.05) is 18.5 Å². The number of rotatable bonds is 3. The average Bonchev–Trinajstić information content (AvgIpc) is 3.37. The van der Waals surface area contributed by atoms with Gasteiger partial charge >= 0.3 is 6.03 Å².